The summed E-state index contributed by atoms with van der Waals surface area (Å²) < 4.78 is 16.2. The molecule has 1 aliphatic heterocycles. The molecule has 24 heavy (non-hydrogen) atoms. The first-order valence-electron chi connectivity index (χ1n) is 7.72. The van der Waals surface area contributed by atoms with Crippen LogP contribution in [0.1, 0.15) is 22.8 Å². The zero-order valence-corrected chi connectivity index (χ0v) is 13.7. The molecule has 3 rings (SSSR count). The number of methoxy groups -OCH3 is 1. The number of nitrogens with zero attached hydrogens (tertiary/aromatic N) is 1. The second kappa shape index (κ2) is 6.49. The maximum Gasteiger partial charge on any atom is 0.337 e. The molecule has 0 aliphatic carbocycles. The standard InChI is InChI=1S/C18H19NO5/c1-4-12-7-13(18(21)22-3)8-14-15(20)9-16(24-17(12)14)19-5-6-23-11(2)10-19/h4,7-9,11H,1,5-6,10H2,2-3H3. The van der Waals surface area contributed by atoms with E-state index in [4.69, 9.17) is 13.9 Å². The second-order valence-corrected chi connectivity index (χ2v) is 5.71. The lowest BCUT2D eigenvalue weighted by atomic mass is 10.1. The van der Waals surface area contributed by atoms with Gasteiger partial charge < -0.3 is 18.8 Å². The number of ether oxygens (including phenoxy) is 2. The van der Waals surface area contributed by atoms with Crippen molar-refractivity contribution in [2.24, 2.45) is 0 Å². The van der Waals surface area contributed by atoms with Crippen molar-refractivity contribution in [2.75, 3.05) is 31.7 Å². The molecule has 126 valence electrons. The SMILES string of the molecule is C=Cc1cc(C(=O)OC)cc2c(=O)cc(N3CCOC(C)C3)oc12. The number of hydrogen-bond acceptors (Lipinski definition) is 6. The van der Waals surface area contributed by atoms with Crippen LogP contribution in [0.25, 0.3) is 17.0 Å². The summed E-state index contributed by atoms with van der Waals surface area (Å²) in [5.41, 5.74) is 1.08. The summed E-state index contributed by atoms with van der Waals surface area (Å²) in [4.78, 5) is 26.3. The monoisotopic (exact) mass is 329 g/mol. The summed E-state index contributed by atoms with van der Waals surface area (Å²) in [6, 6.07) is 4.55. The van der Waals surface area contributed by atoms with Gasteiger partial charge in [-0.3, -0.25) is 4.79 Å². The van der Waals surface area contributed by atoms with Gasteiger partial charge in [-0.05, 0) is 19.1 Å². The number of carbonyl (C=O) groups excluding carboxylic acids is 1. The highest BCUT2D eigenvalue weighted by molar-refractivity contribution is 5.97. The van der Waals surface area contributed by atoms with E-state index < -0.39 is 5.97 Å². The molecule has 0 bridgehead atoms. The minimum atomic E-state index is -0.509. The molecule has 0 N–H and O–H groups in total. The molecule has 0 amide bonds. The van der Waals surface area contributed by atoms with Crippen molar-refractivity contribution in [2.45, 2.75) is 13.0 Å². The first kappa shape index (κ1) is 16.3. The summed E-state index contributed by atoms with van der Waals surface area (Å²) in [6.45, 7) is 7.61. The highest BCUT2D eigenvalue weighted by Crippen LogP contribution is 2.26. The van der Waals surface area contributed by atoms with Crippen LogP contribution in [0.5, 0.6) is 0 Å². The third kappa shape index (κ3) is 2.92. The molecule has 1 saturated heterocycles. The highest BCUT2D eigenvalue weighted by Gasteiger charge is 2.21. The van der Waals surface area contributed by atoms with E-state index in [0.29, 0.717) is 47.7 Å². The van der Waals surface area contributed by atoms with E-state index in [-0.39, 0.29) is 11.5 Å². The Labute approximate surface area is 139 Å². The van der Waals surface area contributed by atoms with Gasteiger partial charge in [0.1, 0.15) is 5.58 Å². The van der Waals surface area contributed by atoms with E-state index in [1.165, 1.54) is 19.2 Å². The number of morpholine rings is 1. The lowest BCUT2D eigenvalue weighted by Crippen LogP contribution is -2.41. The molecule has 1 fully saturated rings. The van der Waals surface area contributed by atoms with E-state index in [1.54, 1.807) is 12.1 Å². The Bertz CT molecular complexity index is 854. The van der Waals surface area contributed by atoms with Gasteiger partial charge in [0.25, 0.3) is 0 Å². The first-order valence-corrected chi connectivity index (χ1v) is 7.72. The highest BCUT2D eigenvalue weighted by atomic mass is 16.5. The topological polar surface area (TPSA) is 69.0 Å². The fraction of sp³-hybridized carbons (Fsp3) is 0.333. The van der Waals surface area contributed by atoms with Crippen LogP contribution in [-0.2, 0) is 9.47 Å². The van der Waals surface area contributed by atoms with E-state index in [1.807, 2.05) is 11.8 Å². The lowest BCUT2D eigenvalue weighted by molar-refractivity contribution is 0.0517. The maximum absolute atomic E-state index is 12.6. The van der Waals surface area contributed by atoms with Crippen LogP contribution in [0.2, 0.25) is 0 Å². The van der Waals surface area contributed by atoms with Crippen molar-refractivity contribution in [1.82, 2.24) is 0 Å². The number of benzene rings is 1. The third-order valence-electron chi connectivity index (χ3n) is 4.04. The number of fused-ring (bicyclic) bond motifs is 1. The van der Waals surface area contributed by atoms with Crippen molar-refractivity contribution < 1.29 is 18.7 Å². The van der Waals surface area contributed by atoms with Gasteiger partial charge in [0.2, 0.25) is 0 Å². The van der Waals surface area contributed by atoms with Gasteiger partial charge >= 0.3 is 5.97 Å². The van der Waals surface area contributed by atoms with Crippen LogP contribution in [0, 0.1) is 0 Å². The van der Waals surface area contributed by atoms with Gasteiger partial charge in [-0.2, -0.15) is 0 Å². The predicted octanol–water partition coefficient (Wildman–Crippen LogP) is 2.45. The van der Waals surface area contributed by atoms with Crippen LogP contribution < -0.4 is 10.3 Å². The third-order valence-corrected chi connectivity index (χ3v) is 4.04. The van der Waals surface area contributed by atoms with Gasteiger partial charge in [0.05, 0.1) is 30.8 Å². The first-order chi connectivity index (χ1) is 11.5. The van der Waals surface area contributed by atoms with Gasteiger partial charge in [0, 0.05) is 24.7 Å². The van der Waals surface area contributed by atoms with Crippen LogP contribution >= 0.6 is 0 Å². The van der Waals surface area contributed by atoms with Gasteiger partial charge in [-0.1, -0.05) is 12.7 Å². The zero-order chi connectivity index (χ0) is 17.3. The molecule has 6 nitrogen and oxygen atoms in total. The van der Waals surface area contributed by atoms with E-state index >= 15 is 0 Å². The van der Waals surface area contributed by atoms with Crippen molar-refractivity contribution in [3.05, 3.63) is 46.1 Å². The van der Waals surface area contributed by atoms with Crippen molar-refractivity contribution >= 4 is 28.9 Å². The van der Waals surface area contributed by atoms with Crippen molar-refractivity contribution in [3.8, 4) is 0 Å². The number of anilines is 1. The van der Waals surface area contributed by atoms with Gasteiger partial charge in [-0.15, -0.1) is 0 Å². The van der Waals surface area contributed by atoms with Crippen LogP contribution in [-0.4, -0.2) is 38.9 Å². The Balaban J connectivity index is 2.15. The smallest absolute Gasteiger partial charge is 0.337 e. The summed E-state index contributed by atoms with van der Waals surface area (Å²) in [7, 11) is 1.30. The van der Waals surface area contributed by atoms with E-state index in [2.05, 4.69) is 6.58 Å². The van der Waals surface area contributed by atoms with E-state index in [0.717, 1.165) is 0 Å². The molecule has 2 aromatic rings. The molecule has 1 aliphatic rings. The summed E-state index contributed by atoms with van der Waals surface area (Å²) in [5.74, 6) is -0.0120. The van der Waals surface area contributed by atoms with Crippen molar-refractivity contribution in [1.29, 1.82) is 0 Å². The summed E-state index contributed by atoms with van der Waals surface area (Å²) in [5, 5.41) is 0.331. The largest absolute Gasteiger partial charge is 0.465 e. The molecule has 1 aromatic heterocycles. The Hall–Kier alpha value is -2.60. The quantitative estimate of drug-likeness (QED) is 0.806. The Morgan fingerprint density at radius 3 is 2.88 bits per heavy atom. The minimum Gasteiger partial charge on any atom is -0.465 e. The average molecular weight is 329 g/mol. The number of esters is 1. The molecule has 2 heterocycles. The number of hydrogen-bond donors (Lipinski definition) is 0. The molecular weight excluding hydrogens is 310 g/mol. The zero-order valence-electron chi connectivity index (χ0n) is 13.7. The number of carbonyl (C=O) groups is 1. The Morgan fingerprint density at radius 1 is 1.42 bits per heavy atom. The fourth-order valence-corrected chi connectivity index (χ4v) is 2.83. The maximum atomic E-state index is 12.6. The van der Waals surface area contributed by atoms with Crippen LogP contribution in [0.15, 0.2) is 34.0 Å². The molecule has 6 heteroatoms. The fourth-order valence-electron chi connectivity index (χ4n) is 2.83. The molecule has 1 atom stereocenters. The predicted molar refractivity (Wildman–Crippen MR) is 91.5 cm³/mol. The van der Waals surface area contributed by atoms with Crippen LogP contribution in [0.3, 0.4) is 0 Å². The summed E-state index contributed by atoms with van der Waals surface area (Å²) in [6.07, 6.45) is 1.63. The van der Waals surface area contributed by atoms with Gasteiger partial charge in [-0.25, -0.2) is 4.79 Å². The second-order valence-electron chi connectivity index (χ2n) is 5.71. The molecular formula is C18H19NO5. The Morgan fingerprint density at radius 2 is 2.21 bits per heavy atom. The molecule has 0 radical (unpaired) electrons. The molecule has 1 aromatic carbocycles. The molecule has 1 unspecified atom stereocenters. The van der Waals surface area contributed by atoms with Crippen LogP contribution in [0.4, 0.5) is 5.88 Å². The van der Waals surface area contributed by atoms with Crippen molar-refractivity contribution in [3.63, 3.8) is 0 Å². The summed E-state index contributed by atoms with van der Waals surface area (Å²) >= 11 is 0. The van der Waals surface area contributed by atoms with Gasteiger partial charge in [0.15, 0.2) is 11.3 Å². The lowest BCUT2D eigenvalue weighted by Gasteiger charge is -2.31. The normalized spacial score (nSPS) is 17.8. The average Bonchev–Trinajstić information content (AvgIpc) is 2.60. The minimum absolute atomic E-state index is 0.0697. The Kier molecular flexibility index (Phi) is 4.40. The molecule has 0 spiro atoms. The number of rotatable bonds is 3. The van der Waals surface area contributed by atoms with E-state index in [9.17, 15) is 9.59 Å². The molecule has 0 saturated carbocycles.